The lowest BCUT2D eigenvalue weighted by molar-refractivity contribution is 0.242. The Morgan fingerprint density at radius 1 is 1.37 bits per heavy atom. The van der Waals surface area contributed by atoms with Gasteiger partial charge in [0, 0.05) is 10.1 Å². The Hall–Kier alpha value is -0.780. The Morgan fingerprint density at radius 3 is 2.79 bits per heavy atom. The van der Waals surface area contributed by atoms with E-state index in [1.165, 1.54) is 41.2 Å². The molecule has 4 heteroatoms. The molecule has 1 aromatic carbocycles. The van der Waals surface area contributed by atoms with Crippen molar-refractivity contribution < 1.29 is 0 Å². The maximum atomic E-state index is 6.14. The molecule has 0 unspecified atom stereocenters. The van der Waals surface area contributed by atoms with Crippen LogP contribution < -0.4 is 5.73 Å². The van der Waals surface area contributed by atoms with Crippen LogP contribution >= 0.6 is 22.6 Å². The predicted octanol–water partition coefficient (Wildman–Crippen LogP) is 4.19. The third kappa shape index (κ3) is 2.35. The van der Waals surface area contributed by atoms with Crippen LogP contribution in [0.4, 0.5) is 5.95 Å². The van der Waals surface area contributed by atoms with Crippen molar-refractivity contribution >= 4 is 39.6 Å². The summed E-state index contributed by atoms with van der Waals surface area (Å²) in [6.45, 7) is 3.33. The molecule has 1 aromatic heterocycles. The summed E-state index contributed by atoms with van der Waals surface area (Å²) in [7, 11) is 0. The number of aromatic nitrogens is 2. The molecule has 0 spiro atoms. The van der Waals surface area contributed by atoms with E-state index in [4.69, 9.17) is 5.73 Å². The van der Waals surface area contributed by atoms with Crippen LogP contribution in [0.15, 0.2) is 18.2 Å². The van der Waals surface area contributed by atoms with Gasteiger partial charge in [0.2, 0.25) is 5.95 Å². The molecule has 3 rings (SSSR count). The van der Waals surface area contributed by atoms with Crippen LogP contribution in [0.3, 0.4) is 0 Å². The first-order valence-corrected chi connectivity index (χ1v) is 8.13. The Labute approximate surface area is 127 Å². The molecule has 19 heavy (non-hydrogen) atoms. The monoisotopic (exact) mass is 369 g/mol. The third-order valence-electron chi connectivity index (χ3n) is 4.65. The normalized spacial score (nSPS) is 18.2. The minimum absolute atomic E-state index is 0.435. The molecule has 2 N–H and O–H groups in total. The number of nitrogens with zero attached hydrogens (tertiary/aromatic N) is 2. The molecule has 1 aliphatic carbocycles. The fourth-order valence-corrected chi connectivity index (χ4v) is 3.85. The highest BCUT2D eigenvalue weighted by atomic mass is 127. The SMILES string of the molecule is CCC1(Cn2c(N)nc3cc(I)ccc32)CCCC1. The van der Waals surface area contributed by atoms with E-state index in [0.29, 0.717) is 11.4 Å². The van der Waals surface area contributed by atoms with Crippen molar-refractivity contribution in [2.45, 2.75) is 45.6 Å². The van der Waals surface area contributed by atoms with Crippen LogP contribution in [0.5, 0.6) is 0 Å². The first-order chi connectivity index (χ1) is 9.13. The van der Waals surface area contributed by atoms with Crippen molar-refractivity contribution in [2.24, 2.45) is 5.41 Å². The smallest absolute Gasteiger partial charge is 0.201 e. The minimum atomic E-state index is 0.435. The largest absolute Gasteiger partial charge is 0.369 e. The second kappa shape index (κ2) is 4.96. The number of imidazole rings is 1. The van der Waals surface area contributed by atoms with E-state index < -0.39 is 0 Å². The Kier molecular flexibility index (Phi) is 3.45. The van der Waals surface area contributed by atoms with Crippen molar-refractivity contribution in [3.05, 3.63) is 21.8 Å². The number of rotatable bonds is 3. The van der Waals surface area contributed by atoms with Gasteiger partial charge in [0.05, 0.1) is 11.0 Å². The summed E-state index contributed by atoms with van der Waals surface area (Å²) in [4.78, 5) is 4.52. The van der Waals surface area contributed by atoms with Crippen molar-refractivity contribution in [1.82, 2.24) is 9.55 Å². The fourth-order valence-electron chi connectivity index (χ4n) is 3.37. The second-order valence-electron chi connectivity index (χ2n) is 5.75. The summed E-state index contributed by atoms with van der Waals surface area (Å²) in [5.74, 6) is 0.664. The fraction of sp³-hybridized carbons (Fsp3) is 0.533. The van der Waals surface area contributed by atoms with Crippen LogP contribution in [0.25, 0.3) is 11.0 Å². The predicted molar refractivity (Wildman–Crippen MR) is 88.1 cm³/mol. The highest BCUT2D eigenvalue weighted by Gasteiger charge is 2.33. The first kappa shape index (κ1) is 13.2. The van der Waals surface area contributed by atoms with Crippen molar-refractivity contribution in [2.75, 3.05) is 5.73 Å². The zero-order valence-electron chi connectivity index (χ0n) is 11.3. The van der Waals surface area contributed by atoms with Crippen molar-refractivity contribution in [1.29, 1.82) is 0 Å². The van der Waals surface area contributed by atoms with Crippen LogP contribution in [-0.4, -0.2) is 9.55 Å². The summed E-state index contributed by atoms with van der Waals surface area (Å²) < 4.78 is 3.43. The van der Waals surface area contributed by atoms with Gasteiger partial charge in [-0.1, -0.05) is 19.8 Å². The number of nitrogens with two attached hydrogens (primary N) is 1. The molecule has 0 amide bonds. The lowest BCUT2D eigenvalue weighted by Gasteiger charge is -2.28. The second-order valence-corrected chi connectivity index (χ2v) is 7.00. The lowest BCUT2D eigenvalue weighted by atomic mass is 9.83. The van der Waals surface area contributed by atoms with E-state index in [-0.39, 0.29) is 0 Å². The molecule has 2 aromatic rings. The summed E-state index contributed by atoms with van der Waals surface area (Å²) in [6.07, 6.45) is 6.60. The maximum absolute atomic E-state index is 6.14. The van der Waals surface area contributed by atoms with Crippen LogP contribution in [-0.2, 0) is 6.54 Å². The molecule has 0 atom stereocenters. The van der Waals surface area contributed by atoms with Gasteiger partial charge in [-0.3, -0.25) is 0 Å². The molecule has 1 aliphatic rings. The molecular formula is C15H20IN3. The molecule has 0 saturated heterocycles. The van der Waals surface area contributed by atoms with Gasteiger partial charge in [0.15, 0.2) is 0 Å². The number of hydrogen-bond donors (Lipinski definition) is 1. The molecule has 102 valence electrons. The summed E-state index contributed by atoms with van der Waals surface area (Å²) >= 11 is 2.32. The van der Waals surface area contributed by atoms with Gasteiger partial charge in [0.1, 0.15) is 0 Å². The van der Waals surface area contributed by atoms with Gasteiger partial charge in [0.25, 0.3) is 0 Å². The van der Waals surface area contributed by atoms with E-state index in [1.807, 2.05) is 0 Å². The quantitative estimate of drug-likeness (QED) is 0.825. The number of hydrogen-bond acceptors (Lipinski definition) is 2. The lowest BCUT2D eigenvalue weighted by Crippen LogP contribution is -2.23. The Balaban J connectivity index is 2.02. The zero-order valence-corrected chi connectivity index (χ0v) is 13.5. The topological polar surface area (TPSA) is 43.8 Å². The van der Waals surface area contributed by atoms with Crippen LogP contribution in [0.2, 0.25) is 0 Å². The van der Waals surface area contributed by atoms with Crippen LogP contribution in [0.1, 0.15) is 39.0 Å². The highest BCUT2D eigenvalue weighted by Crippen LogP contribution is 2.43. The Morgan fingerprint density at radius 2 is 2.11 bits per heavy atom. The van der Waals surface area contributed by atoms with Gasteiger partial charge in [-0.15, -0.1) is 0 Å². The molecular weight excluding hydrogens is 349 g/mol. The van der Waals surface area contributed by atoms with Crippen LogP contribution in [0, 0.1) is 8.99 Å². The minimum Gasteiger partial charge on any atom is -0.369 e. The number of benzene rings is 1. The van der Waals surface area contributed by atoms with Gasteiger partial charge < -0.3 is 10.3 Å². The molecule has 3 nitrogen and oxygen atoms in total. The summed E-state index contributed by atoms with van der Waals surface area (Å²) in [5.41, 5.74) is 8.78. The molecule has 0 aliphatic heterocycles. The molecule has 0 bridgehead atoms. The van der Waals surface area contributed by atoms with Gasteiger partial charge >= 0.3 is 0 Å². The molecule has 1 saturated carbocycles. The van der Waals surface area contributed by atoms with E-state index in [0.717, 1.165) is 12.1 Å². The molecule has 1 fully saturated rings. The van der Waals surface area contributed by atoms with E-state index in [2.05, 4.69) is 57.3 Å². The number of halogens is 1. The third-order valence-corrected chi connectivity index (χ3v) is 5.32. The number of nitrogen functional groups attached to an aromatic ring is 1. The highest BCUT2D eigenvalue weighted by molar-refractivity contribution is 14.1. The molecule has 0 radical (unpaired) electrons. The number of anilines is 1. The maximum Gasteiger partial charge on any atom is 0.201 e. The van der Waals surface area contributed by atoms with Gasteiger partial charge in [-0.25, -0.2) is 4.98 Å². The van der Waals surface area contributed by atoms with Crippen molar-refractivity contribution in [3.8, 4) is 0 Å². The van der Waals surface area contributed by atoms with Gasteiger partial charge in [-0.2, -0.15) is 0 Å². The average Bonchev–Trinajstić information content (AvgIpc) is 2.96. The Bertz CT molecular complexity index is 597. The first-order valence-electron chi connectivity index (χ1n) is 7.05. The van der Waals surface area contributed by atoms with Gasteiger partial charge in [-0.05, 0) is 65.5 Å². The standard InChI is InChI=1S/C15H20IN3/c1-2-15(7-3-4-8-15)10-19-13-6-5-11(16)9-12(13)18-14(19)17/h5-6,9H,2-4,7-8,10H2,1H3,(H2,17,18). The average molecular weight is 369 g/mol. The number of fused-ring (bicyclic) bond motifs is 1. The summed E-state index contributed by atoms with van der Waals surface area (Å²) in [6, 6.07) is 6.39. The summed E-state index contributed by atoms with van der Waals surface area (Å²) in [5, 5.41) is 0. The van der Waals surface area contributed by atoms with E-state index in [1.54, 1.807) is 0 Å². The van der Waals surface area contributed by atoms with E-state index >= 15 is 0 Å². The molecule has 1 heterocycles. The van der Waals surface area contributed by atoms with E-state index in [9.17, 15) is 0 Å². The zero-order chi connectivity index (χ0) is 13.5. The van der Waals surface area contributed by atoms with Crippen molar-refractivity contribution in [3.63, 3.8) is 0 Å².